The largest absolute Gasteiger partial charge is 0.484 e. The predicted octanol–water partition coefficient (Wildman–Crippen LogP) is 5.28. The lowest BCUT2D eigenvalue weighted by Gasteiger charge is -2.10. The van der Waals surface area contributed by atoms with E-state index in [1.807, 2.05) is 4.57 Å². The minimum atomic E-state index is -0.227. The summed E-state index contributed by atoms with van der Waals surface area (Å²) < 4.78 is 7.56. The lowest BCUT2D eigenvalue weighted by molar-refractivity contribution is -0.113. The van der Waals surface area contributed by atoms with Crippen LogP contribution in [0.15, 0.2) is 60.3 Å². The van der Waals surface area contributed by atoms with E-state index in [2.05, 4.69) is 22.1 Å². The number of ketones is 1. The van der Waals surface area contributed by atoms with E-state index in [1.165, 1.54) is 18.7 Å². The highest BCUT2D eigenvalue weighted by Gasteiger charge is 2.15. The van der Waals surface area contributed by atoms with Crippen LogP contribution in [0, 0.1) is 0 Å². The highest BCUT2D eigenvalue weighted by atomic mass is 35.5. The molecule has 0 radical (unpaired) electrons. The monoisotopic (exact) mass is 490 g/mol. The molecular weight excluding hydrogens is 471 g/mol. The first-order valence-corrected chi connectivity index (χ1v) is 11.3. The van der Waals surface area contributed by atoms with E-state index in [1.54, 1.807) is 48.5 Å². The zero-order valence-electron chi connectivity index (χ0n) is 17.2. The maximum absolute atomic E-state index is 12.4. The number of carbonyl (C=O) groups is 2. The van der Waals surface area contributed by atoms with Gasteiger partial charge in [-0.05, 0) is 37.3 Å². The summed E-state index contributed by atoms with van der Waals surface area (Å²) in [7, 11) is 0. The summed E-state index contributed by atoms with van der Waals surface area (Å²) in [5.41, 5.74) is 1.09. The third kappa shape index (κ3) is 6.35. The molecule has 0 fully saturated rings. The van der Waals surface area contributed by atoms with Gasteiger partial charge in [-0.25, -0.2) is 0 Å². The maximum Gasteiger partial charge on any atom is 0.234 e. The summed E-state index contributed by atoms with van der Waals surface area (Å²) in [6.07, 6.45) is 1.71. The first kappa shape index (κ1) is 23.8. The van der Waals surface area contributed by atoms with Gasteiger partial charge < -0.3 is 10.1 Å². The molecule has 0 aliphatic heterocycles. The van der Waals surface area contributed by atoms with Crippen molar-refractivity contribution >= 4 is 52.3 Å². The van der Waals surface area contributed by atoms with E-state index in [9.17, 15) is 9.59 Å². The molecule has 1 heterocycles. The van der Waals surface area contributed by atoms with Gasteiger partial charge in [0.1, 0.15) is 12.4 Å². The van der Waals surface area contributed by atoms with Gasteiger partial charge >= 0.3 is 0 Å². The number of nitrogens with zero attached hydrogens (tertiary/aromatic N) is 3. The van der Waals surface area contributed by atoms with Crippen molar-refractivity contribution in [3.8, 4) is 5.75 Å². The van der Waals surface area contributed by atoms with Crippen molar-refractivity contribution in [2.75, 3.05) is 11.1 Å². The highest BCUT2D eigenvalue weighted by Crippen LogP contribution is 2.28. The summed E-state index contributed by atoms with van der Waals surface area (Å²) in [5.74, 6) is 0.861. The molecule has 0 unspecified atom stereocenters. The van der Waals surface area contributed by atoms with E-state index in [0.717, 1.165) is 0 Å². The normalized spacial score (nSPS) is 10.6. The molecule has 3 aromatic rings. The highest BCUT2D eigenvalue weighted by molar-refractivity contribution is 7.99. The summed E-state index contributed by atoms with van der Waals surface area (Å²) >= 11 is 13.3. The van der Waals surface area contributed by atoms with E-state index in [4.69, 9.17) is 27.9 Å². The van der Waals surface area contributed by atoms with Crippen LogP contribution in [0.4, 0.5) is 5.69 Å². The zero-order valence-corrected chi connectivity index (χ0v) is 19.5. The van der Waals surface area contributed by atoms with Crippen LogP contribution in [0.2, 0.25) is 10.0 Å². The topological polar surface area (TPSA) is 86.1 Å². The molecule has 1 aromatic heterocycles. The molecule has 0 aliphatic rings. The molecule has 10 heteroatoms. The van der Waals surface area contributed by atoms with Crippen LogP contribution in [-0.2, 0) is 17.9 Å². The molecule has 32 heavy (non-hydrogen) atoms. The number of anilines is 1. The summed E-state index contributed by atoms with van der Waals surface area (Å²) in [5, 5.41) is 12.6. The summed E-state index contributed by atoms with van der Waals surface area (Å²) in [6.45, 7) is 5.82. The standard InChI is InChI=1S/C22H20Cl2N4O3S/c1-3-9-28-20(12-31-19-8-7-16(23)11-18(19)24)26-27-22(28)32-13-21(30)25-17-6-4-5-15(10-17)14(2)29/h3-8,10-11H,1,9,12-13H2,2H3,(H,25,30). The molecule has 0 aliphatic carbocycles. The molecule has 0 saturated carbocycles. The summed E-state index contributed by atoms with van der Waals surface area (Å²) in [4.78, 5) is 23.9. The number of benzene rings is 2. The van der Waals surface area contributed by atoms with Crippen molar-refractivity contribution in [1.29, 1.82) is 0 Å². The molecule has 0 atom stereocenters. The number of aromatic nitrogens is 3. The summed E-state index contributed by atoms with van der Waals surface area (Å²) in [6, 6.07) is 11.8. The lowest BCUT2D eigenvalue weighted by Crippen LogP contribution is -2.15. The van der Waals surface area contributed by atoms with Crippen molar-refractivity contribution in [2.24, 2.45) is 0 Å². The van der Waals surface area contributed by atoms with Crippen LogP contribution in [0.5, 0.6) is 5.75 Å². The van der Waals surface area contributed by atoms with Crippen LogP contribution in [0.25, 0.3) is 0 Å². The number of Topliss-reactive ketones (excluding diaryl/α,β-unsaturated/α-hetero) is 1. The first-order valence-electron chi connectivity index (χ1n) is 9.52. The fraction of sp³-hybridized carbons (Fsp3) is 0.182. The third-order valence-corrected chi connectivity index (χ3v) is 5.74. The molecule has 0 bridgehead atoms. The molecule has 0 spiro atoms. The molecule has 1 amide bonds. The van der Waals surface area contributed by atoms with E-state index >= 15 is 0 Å². The van der Waals surface area contributed by atoms with Crippen molar-refractivity contribution in [3.63, 3.8) is 0 Å². The van der Waals surface area contributed by atoms with Gasteiger partial charge in [-0.2, -0.15) is 0 Å². The molecule has 2 aromatic carbocycles. The Kier molecular flexibility index (Phi) is 8.33. The zero-order chi connectivity index (χ0) is 23.1. The predicted molar refractivity (Wildman–Crippen MR) is 127 cm³/mol. The number of allylic oxidation sites excluding steroid dienone is 1. The average Bonchev–Trinajstić information content (AvgIpc) is 3.13. The minimum absolute atomic E-state index is 0.0670. The molecule has 7 nitrogen and oxygen atoms in total. The minimum Gasteiger partial charge on any atom is -0.484 e. The number of ether oxygens (including phenoxy) is 1. The van der Waals surface area contributed by atoms with Crippen molar-refractivity contribution in [3.05, 3.63) is 76.6 Å². The quantitative estimate of drug-likeness (QED) is 0.236. The van der Waals surface area contributed by atoms with Crippen molar-refractivity contribution in [1.82, 2.24) is 14.8 Å². The number of amides is 1. The van der Waals surface area contributed by atoms with Gasteiger partial charge in [-0.1, -0.05) is 53.2 Å². The second-order valence-electron chi connectivity index (χ2n) is 6.64. The Morgan fingerprint density at radius 3 is 2.75 bits per heavy atom. The van der Waals surface area contributed by atoms with Gasteiger partial charge in [0.2, 0.25) is 5.91 Å². The Morgan fingerprint density at radius 1 is 1.22 bits per heavy atom. The van der Waals surface area contributed by atoms with Crippen LogP contribution in [0.3, 0.4) is 0 Å². The second-order valence-corrected chi connectivity index (χ2v) is 8.42. The smallest absolute Gasteiger partial charge is 0.234 e. The number of hydrogen-bond acceptors (Lipinski definition) is 6. The van der Waals surface area contributed by atoms with Gasteiger partial charge in [0.05, 0.1) is 10.8 Å². The Morgan fingerprint density at radius 2 is 2.03 bits per heavy atom. The molecule has 1 N–H and O–H groups in total. The maximum atomic E-state index is 12.4. The molecule has 0 saturated heterocycles. The molecular formula is C22H20Cl2N4O3S. The van der Waals surface area contributed by atoms with Crippen LogP contribution >= 0.6 is 35.0 Å². The average molecular weight is 491 g/mol. The Balaban J connectivity index is 1.63. The van der Waals surface area contributed by atoms with E-state index in [-0.39, 0.29) is 24.1 Å². The third-order valence-electron chi connectivity index (χ3n) is 4.24. The number of nitrogens with one attached hydrogen (secondary N) is 1. The van der Waals surface area contributed by atoms with E-state index < -0.39 is 0 Å². The SMILES string of the molecule is C=CCn1c(COc2ccc(Cl)cc2Cl)nnc1SCC(=O)Nc1cccc(C(C)=O)c1. The van der Waals surface area contributed by atoms with Crippen molar-refractivity contribution < 1.29 is 14.3 Å². The Bertz CT molecular complexity index is 1150. The second kappa shape index (κ2) is 11.2. The van der Waals surface area contributed by atoms with Crippen LogP contribution < -0.4 is 10.1 Å². The number of rotatable bonds is 10. The van der Waals surface area contributed by atoms with Gasteiger partial charge in [-0.3, -0.25) is 14.2 Å². The van der Waals surface area contributed by atoms with Gasteiger partial charge in [0.25, 0.3) is 0 Å². The molecule has 166 valence electrons. The van der Waals surface area contributed by atoms with E-state index in [0.29, 0.717) is 44.6 Å². The van der Waals surface area contributed by atoms with Gasteiger partial charge in [-0.15, -0.1) is 16.8 Å². The number of halogens is 2. The molecule has 3 rings (SSSR count). The fourth-order valence-electron chi connectivity index (χ4n) is 2.72. The fourth-order valence-corrected chi connectivity index (χ4v) is 3.95. The van der Waals surface area contributed by atoms with Gasteiger partial charge in [0.15, 0.2) is 16.8 Å². The van der Waals surface area contributed by atoms with Crippen LogP contribution in [-0.4, -0.2) is 32.2 Å². The van der Waals surface area contributed by atoms with Crippen LogP contribution in [0.1, 0.15) is 23.1 Å². The number of carbonyl (C=O) groups excluding carboxylic acids is 2. The lowest BCUT2D eigenvalue weighted by atomic mass is 10.1. The number of hydrogen-bond donors (Lipinski definition) is 1. The van der Waals surface area contributed by atoms with Gasteiger partial charge in [0, 0.05) is 22.8 Å². The number of thioether (sulfide) groups is 1. The first-order chi connectivity index (χ1) is 15.4. The Hall–Kier alpha value is -2.81. The van der Waals surface area contributed by atoms with Crippen molar-refractivity contribution in [2.45, 2.75) is 25.2 Å². The Labute approximate surface area is 199 Å².